The highest BCUT2D eigenvalue weighted by molar-refractivity contribution is 5.99. The highest BCUT2D eigenvalue weighted by atomic mass is 16.5. The SMILES string of the molecule is COc1cc2nccc(Oc3ccc(Nc4nn(C)cc4C(=O)NC4CCCCC4)cc3OC)c2cc1OC. The topological polar surface area (TPSA) is 109 Å². The lowest BCUT2D eigenvalue weighted by atomic mass is 9.95. The van der Waals surface area contributed by atoms with Gasteiger partial charge in [-0.3, -0.25) is 14.5 Å². The zero-order valence-electron chi connectivity index (χ0n) is 22.6. The van der Waals surface area contributed by atoms with Gasteiger partial charge in [0.05, 0.1) is 26.8 Å². The van der Waals surface area contributed by atoms with Crippen molar-refractivity contribution in [3.8, 4) is 28.7 Å². The van der Waals surface area contributed by atoms with Gasteiger partial charge in [0.2, 0.25) is 0 Å². The van der Waals surface area contributed by atoms with E-state index < -0.39 is 0 Å². The zero-order chi connectivity index (χ0) is 27.4. The van der Waals surface area contributed by atoms with Gasteiger partial charge < -0.3 is 29.6 Å². The number of carbonyl (C=O) groups is 1. The van der Waals surface area contributed by atoms with Gasteiger partial charge in [-0.1, -0.05) is 19.3 Å². The van der Waals surface area contributed by atoms with Crippen LogP contribution in [0.5, 0.6) is 28.7 Å². The van der Waals surface area contributed by atoms with Gasteiger partial charge in [-0.05, 0) is 37.1 Å². The molecule has 0 unspecified atom stereocenters. The molecule has 1 amide bonds. The molecule has 0 atom stereocenters. The summed E-state index contributed by atoms with van der Waals surface area (Å²) in [4.78, 5) is 17.5. The van der Waals surface area contributed by atoms with Crippen molar-refractivity contribution >= 4 is 28.3 Å². The number of rotatable bonds is 9. The van der Waals surface area contributed by atoms with Crippen LogP contribution in [0.1, 0.15) is 42.5 Å². The second-order valence-electron chi connectivity index (χ2n) is 9.50. The second kappa shape index (κ2) is 11.5. The Morgan fingerprint density at radius 1 is 0.897 bits per heavy atom. The molecule has 10 heteroatoms. The highest BCUT2D eigenvalue weighted by Gasteiger charge is 2.21. The summed E-state index contributed by atoms with van der Waals surface area (Å²) in [6, 6.07) is 11.1. The van der Waals surface area contributed by atoms with E-state index in [1.165, 1.54) is 6.42 Å². The third-order valence-corrected chi connectivity index (χ3v) is 6.87. The van der Waals surface area contributed by atoms with Crippen LogP contribution in [0.25, 0.3) is 10.9 Å². The summed E-state index contributed by atoms with van der Waals surface area (Å²) in [7, 11) is 6.54. The summed E-state index contributed by atoms with van der Waals surface area (Å²) in [5, 5.41) is 11.7. The molecule has 1 fully saturated rings. The van der Waals surface area contributed by atoms with Crippen molar-refractivity contribution in [2.45, 2.75) is 38.1 Å². The fourth-order valence-corrected chi connectivity index (χ4v) is 4.88. The number of hydrogen-bond donors (Lipinski definition) is 2. The zero-order valence-corrected chi connectivity index (χ0v) is 22.6. The van der Waals surface area contributed by atoms with Gasteiger partial charge in [-0.2, -0.15) is 5.10 Å². The van der Waals surface area contributed by atoms with Crippen LogP contribution in [0, 0.1) is 0 Å². The summed E-state index contributed by atoms with van der Waals surface area (Å²) < 4.78 is 24.4. The van der Waals surface area contributed by atoms with Gasteiger partial charge in [0.15, 0.2) is 28.8 Å². The third kappa shape index (κ3) is 5.69. The molecule has 5 rings (SSSR count). The predicted molar refractivity (Wildman–Crippen MR) is 149 cm³/mol. The summed E-state index contributed by atoms with van der Waals surface area (Å²) in [5.74, 6) is 3.13. The molecule has 2 aromatic heterocycles. The van der Waals surface area contributed by atoms with Crippen molar-refractivity contribution in [3.05, 3.63) is 54.4 Å². The van der Waals surface area contributed by atoms with Gasteiger partial charge in [-0.15, -0.1) is 0 Å². The van der Waals surface area contributed by atoms with E-state index in [0.717, 1.165) is 31.1 Å². The maximum Gasteiger partial charge on any atom is 0.256 e. The lowest BCUT2D eigenvalue weighted by Gasteiger charge is -2.22. The van der Waals surface area contributed by atoms with Crippen molar-refractivity contribution in [1.82, 2.24) is 20.1 Å². The number of carbonyl (C=O) groups excluding carboxylic acids is 1. The first-order valence-corrected chi connectivity index (χ1v) is 13.0. The standard InChI is InChI=1S/C29H33N5O5/c1-34-17-21(29(35)32-18-8-6-5-7-9-18)28(33-34)31-19-10-11-24(25(14-19)36-2)39-23-12-13-30-22-16-27(38-4)26(37-3)15-20(22)23/h10-18H,5-9H2,1-4H3,(H,31,33)(H,32,35). The Labute approximate surface area is 227 Å². The molecule has 1 aliphatic carbocycles. The number of methoxy groups -OCH3 is 3. The Bertz CT molecular complexity index is 1480. The fraction of sp³-hybridized carbons (Fsp3) is 0.345. The molecule has 39 heavy (non-hydrogen) atoms. The number of hydrogen-bond acceptors (Lipinski definition) is 8. The molecule has 2 aromatic carbocycles. The maximum absolute atomic E-state index is 13.0. The van der Waals surface area contributed by atoms with Crippen molar-refractivity contribution in [2.24, 2.45) is 7.05 Å². The van der Waals surface area contributed by atoms with Crippen LogP contribution in [0.2, 0.25) is 0 Å². The van der Waals surface area contributed by atoms with E-state index in [2.05, 4.69) is 20.7 Å². The van der Waals surface area contributed by atoms with Gasteiger partial charge >= 0.3 is 0 Å². The molecule has 2 heterocycles. The number of nitrogens with one attached hydrogen (secondary N) is 2. The van der Waals surface area contributed by atoms with Crippen LogP contribution in [0.15, 0.2) is 48.8 Å². The normalized spacial score (nSPS) is 13.6. The molecule has 0 bridgehead atoms. The number of aryl methyl sites for hydroxylation is 1. The first-order valence-electron chi connectivity index (χ1n) is 13.0. The average Bonchev–Trinajstić information content (AvgIpc) is 3.33. The van der Waals surface area contributed by atoms with Crippen molar-refractivity contribution in [3.63, 3.8) is 0 Å². The van der Waals surface area contributed by atoms with Gasteiger partial charge in [-0.25, -0.2) is 0 Å². The number of benzene rings is 2. The van der Waals surface area contributed by atoms with Gasteiger partial charge in [0, 0.05) is 48.7 Å². The number of ether oxygens (including phenoxy) is 4. The lowest BCUT2D eigenvalue weighted by molar-refractivity contribution is 0.0928. The molecular formula is C29H33N5O5. The number of amides is 1. The smallest absolute Gasteiger partial charge is 0.256 e. The molecule has 1 saturated carbocycles. The summed E-state index contributed by atoms with van der Waals surface area (Å²) in [6.07, 6.45) is 8.96. The molecule has 0 aliphatic heterocycles. The van der Waals surface area contributed by atoms with E-state index in [9.17, 15) is 4.79 Å². The number of aromatic nitrogens is 3. The molecule has 0 radical (unpaired) electrons. The number of nitrogens with zero attached hydrogens (tertiary/aromatic N) is 3. The van der Waals surface area contributed by atoms with E-state index in [-0.39, 0.29) is 11.9 Å². The molecule has 204 valence electrons. The second-order valence-corrected chi connectivity index (χ2v) is 9.50. The van der Waals surface area contributed by atoms with Crippen molar-refractivity contribution < 1.29 is 23.7 Å². The Hall–Kier alpha value is -4.47. The predicted octanol–water partition coefficient (Wildman–Crippen LogP) is 5.59. The number of fused-ring (bicyclic) bond motifs is 1. The monoisotopic (exact) mass is 531 g/mol. The Morgan fingerprint density at radius 2 is 1.62 bits per heavy atom. The summed E-state index contributed by atoms with van der Waals surface area (Å²) >= 11 is 0. The highest BCUT2D eigenvalue weighted by Crippen LogP contribution is 2.40. The molecular weight excluding hydrogens is 498 g/mol. The van der Waals surface area contributed by atoms with E-state index in [1.807, 2.05) is 12.1 Å². The number of anilines is 2. The minimum Gasteiger partial charge on any atom is -0.493 e. The minimum absolute atomic E-state index is 0.124. The van der Waals surface area contributed by atoms with Gasteiger partial charge in [0.1, 0.15) is 11.3 Å². The molecule has 10 nitrogen and oxygen atoms in total. The maximum atomic E-state index is 13.0. The van der Waals surface area contributed by atoms with Crippen LogP contribution in [-0.2, 0) is 7.05 Å². The van der Waals surface area contributed by atoms with Crippen molar-refractivity contribution in [1.29, 1.82) is 0 Å². The van der Waals surface area contributed by atoms with Crippen LogP contribution in [0.4, 0.5) is 11.5 Å². The van der Waals surface area contributed by atoms with Crippen LogP contribution in [-0.4, -0.2) is 48.0 Å². The quantitative estimate of drug-likeness (QED) is 0.288. The van der Waals surface area contributed by atoms with Crippen LogP contribution < -0.4 is 29.6 Å². The van der Waals surface area contributed by atoms with E-state index >= 15 is 0 Å². The third-order valence-electron chi connectivity index (χ3n) is 6.87. The molecule has 0 saturated heterocycles. The molecule has 2 N–H and O–H groups in total. The van der Waals surface area contributed by atoms with Crippen molar-refractivity contribution in [2.75, 3.05) is 26.6 Å². The molecule has 1 aliphatic rings. The first kappa shape index (κ1) is 26.1. The summed E-state index contributed by atoms with van der Waals surface area (Å²) in [5.41, 5.74) is 1.90. The first-order chi connectivity index (χ1) is 19.0. The average molecular weight is 532 g/mol. The van der Waals surface area contributed by atoms with Gasteiger partial charge in [0.25, 0.3) is 5.91 Å². The Kier molecular flexibility index (Phi) is 7.72. The van der Waals surface area contributed by atoms with E-state index in [4.69, 9.17) is 18.9 Å². The lowest BCUT2D eigenvalue weighted by Crippen LogP contribution is -2.36. The minimum atomic E-state index is -0.124. The van der Waals surface area contributed by atoms with E-state index in [1.54, 1.807) is 69.7 Å². The Morgan fingerprint density at radius 3 is 2.36 bits per heavy atom. The van der Waals surface area contributed by atoms with Crippen LogP contribution in [0.3, 0.4) is 0 Å². The largest absolute Gasteiger partial charge is 0.493 e. The van der Waals surface area contributed by atoms with Crippen LogP contribution >= 0.6 is 0 Å². The Balaban J connectivity index is 1.38. The summed E-state index contributed by atoms with van der Waals surface area (Å²) in [6.45, 7) is 0. The molecule has 0 spiro atoms. The molecule has 4 aromatic rings. The number of pyridine rings is 1. The van der Waals surface area contributed by atoms with E-state index in [0.29, 0.717) is 51.3 Å². The fourth-order valence-electron chi connectivity index (χ4n) is 4.88.